The first-order valence-corrected chi connectivity index (χ1v) is 3.68. The summed E-state index contributed by atoms with van der Waals surface area (Å²) in [4.78, 5) is 4.24. The van der Waals surface area contributed by atoms with E-state index in [9.17, 15) is 0 Å². The molecule has 0 saturated carbocycles. The summed E-state index contributed by atoms with van der Waals surface area (Å²) in [6, 6.07) is 10.2. The van der Waals surface area contributed by atoms with Crippen LogP contribution in [-0.4, -0.2) is 22.7 Å². The van der Waals surface area contributed by atoms with Crippen LogP contribution >= 0.6 is 0 Å². The van der Waals surface area contributed by atoms with Crippen LogP contribution in [0, 0.1) is 0 Å². The van der Waals surface area contributed by atoms with Gasteiger partial charge in [0.2, 0.25) is 0 Å². The molecule has 0 atom stereocenters. The van der Waals surface area contributed by atoms with Gasteiger partial charge in [0.05, 0.1) is 0 Å². The molecular weight excluding hydrogens is 129 g/mol. The Labute approximate surface area is 74.7 Å². The molecule has 0 aliphatic carbocycles. The number of rotatable bonds is 0. The van der Waals surface area contributed by atoms with Gasteiger partial charge in [-0.2, -0.15) is 0 Å². The summed E-state index contributed by atoms with van der Waals surface area (Å²) in [5, 5.41) is 1.25. The van der Waals surface area contributed by atoms with Crippen molar-refractivity contribution < 1.29 is 0 Å². The van der Waals surface area contributed by atoms with Crippen molar-refractivity contribution >= 4 is 32.9 Å². The summed E-state index contributed by atoms with van der Waals surface area (Å²) in [6.45, 7) is 0. The zero-order chi connectivity index (χ0) is 7.68. The Morgan fingerprint density at radius 3 is 2.73 bits per heavy atom. The Morgan fingerprint density at radius 2 is 1.91 bits per heavy atom. The number of hydrogen-bond donors (Lipinski definition) is 0. The molecule has 0 unspecified atom stereocenters. The quantitative estimate of drug-likeness (QED) is 0.491. The van der Waals surface area contributed by atoms with Crippen LogP contribution in [0.2, 0.25) is 0 Å². The third-order valence-electron chi connectivity index (χ3n) is 1.87. The van der Waals surface area contributed by atoms with Crippen LogP contribution in [0.4, 0.5) is 0 Å². The molecule has 0 N–H and O–H groups in total. The normalized spacial score (nSPS) is 10.4. The fourth-order valence-corrected chi connectivity index (χ4v) is 1.24. The molecule has 0 spiro atoms. The van der Waals surface area contributed by atoms with Crippen molar-refractivity contribution in [1.29, 1.82) is 0 Å². The minimum atomic E-state index is 1.08. The number of hydrogen-bond acceptors (Lipinski definition) is 1. The van der Waals surface area contributed by atoms with Crippen molar-refractivity contribution in [2.24, 2.45) is 0 Å². The van der Waals surface area contributed by atoms with Gasteiger partial charge in [0, 0.05) is 0 Å². The Bertz CT molecular complexity index is 379. The van der Waals surface area contributed by atoms with Gasteiger partial charge in [-0.1, -0.05) is 0 Å². The van der Waals surface area contributed by atoms with Crippen molar-refractivity contribution in [1.82, 2.24) is 4.98 Å². The zero-order valence-electron chi connectivity index (χ0n) is 6.41. The second-order valence-corrected chi connectivity index (χ2v) is 2.64. The van der Waals surface area contributed by atoms with Crippen LogP contribution in [0.5, 0.6) is 0 Å². The Balaban J connectivity index is 2.91. The van der Waals surface area contributed by atoms with E-state index in [-0.39, 0.29) is 0 Å². The van der Waals surface area contributed by atoms with Crippen LogP contribution in [0.3, 0.4) is 0 Å². The van der Waals surface area contributed by atoms with Crippen LogP contribution in [0.15, 0.2) is 36.5 Å². The molecule has 0 aliphatic rings. The predicted molar refractivity (Wildman–Crippen MR) is 47.1 cm³/mol. The topological polar surface area (TPSA) is 12.9 Å². The summed E-state index contributed by atoms with van der Waals surface area (Å²) < 4.78 is 1.29. The summed E-state index contributed by atoms with van der Waals surface area (Å²) in [5.74, 6) is 0. The van der Waals surface area contributed by atoms with Crippen molar-refractivity contribution in [2.45, 2.75) is 0 Å². The van der Waals surface area contributed by atoms with Crippen LogP contribution < -0.4 is 4.24 Å². The van der Waals surface area contributed by atoms with Crippen LogP contribution in [0.1, 0.15) is 0 Å². The minimum absolute atomic E-state index is 1.08. The second kappa shape index (κ2) is 2.69. The van der Waals surface area contributed by atoms with E-state index in [2.05, 4.69) is 28.8 Å². The monoisotopic (exact) mass is 135 g/mol. The standard InChI is InChI=1S/C9H6N.Li/c1-2-6-9-8(4-1)5-3-7-10-9;/h1-4,6-7H;. The van der Waals surface area contributed by atoms with E-state index in [0.717, 1.165) is 5.52 Å². The number of aromatic nitrogens is 1. The molecule has 0 saturated heterocycles. The van der Waals surface area contributed by atoms with Crippen molar-refractivity contribution in [3.63, 3.8) is 0 Å². The molecule has 1 nitrogen and oxygen atoms in total. The van der Waals surface area contributed by atoms with Crippen molar-refractivity contribution in [2.75, 3.05) is 0 Å². The van der Waals surface area contributed by atoms with Gasteiger partial charge in [0.1, 0.15) is 0 Å². The number of fused-ring (bicyclic) bond motifs is 1. The molecule has 0 aliphatic heterocycles. The predicted octanol–water partition coefficient (Wildman–Crippen LogP) is 1.03. The van der Waals surface area contributed by atoms with E-state index >= 15 is 0 Å². The van der Waals surface area contributed by atoms with Gasteiger partial charge in [-0.25, -0.2) is 0 Å². The average molecular weight is 135 g/mol. The SMILES string of the molecule is [Li][c]1ccnc2ccccc12. The first-order chi connectivity index (χ1) is 5.38. The zero-order valence-corrected chi connectivity index (χ0v) is 6.41. The van der Waals surface area contributed by atoms with Gasteiger partial charge in [-0.3, -0.25) is 0 Å². The third kappa shape index (κ3) is 1.18. The fraction of sp³-hybridized carbons (Fsp3) is 0. The molecule has 2 rings (SSSR count). The van der Waals surface area contributed by atoms with Crippen LogP contribution in [-0.2, 0) is 0 Å². The van der Waals surface area contributed by atoms with Crippen LogP contribution in [0.25, 0.3) is 10.9 Å². The molecular formula is C9H6LiN. The summed E-state index contributed by atoms with van der Waals surface area (Å²) >= 11 is 2.10. The Hall–Kier alpha value is -0.773. The van der Waals surface area contributed by atoms with Gasteiger partial charge < -0.3 is 0 Å². The first-order valence-electron chi connectivity index (χ1n) is 3.68. The molecule has 2 aromatic rings. The van der Waals surface area contributed by atoms with E-state index in [1.807, 2.05) is 30.5 Å². The summed E-state index contributed by atoms with van der Waals surface area (Å²) in [7, 11) is 0. The van der Waals surface area contributed by atoms with Gasteiger partial charge >= 0.3 is 74.4 Å². The van der Waals surface area contributed by atoms with Gasteiger partial charge in [-0.15, -0.1) is 0 Å². The maximum atomic E-state index is 4.24. The second-order valence-electron chi connectivity index (χ2n) is 2.64. The Morgan fingerprint density at radius 1 is 1.09 bits per heavy atom. The van der Waals surface area contributed by atoms with E-state index in [1.165, 1.54) is 9.62 Å². The van der Waals surface area contributed by atoms with Gasteiger partial charge in [0.15, 0.2) is 0 Å². The van der Waals surface area contributed by atoms with Gasteiger partial charge in [-0.05, 0) is 0 Å². The van der Waals surface area contributed by atoms with Crippen molar-refractivity contribution in [3.05, 3.63) is 36.5 Å². The molecule has 1 aromatic heterocycles. The number of nitrogens with zero attached hydrogens (tertiary/aromatic N) is 1. The third-order valence-corrected chi connectivity index (χ3v) is 1.87. The molecule has 0 radical (unpaired) electrons. The molecule has 0 fully saturated rings. The molecule has 11 heavy (non-hydrogen) atoms. The molecule has 2 heteroatoms. The van der Waals surface area contributed by atoms with E-state index in [4.69, 9.17) is 0 Å². The summed E-state index contributed by atoms with van der Waals surface area (Å²) in [6.07, 6.45) is 1.84. The number of pyridine rings is 1. The number of para-hydroxylation sites is 1. The fourth-order valence-electron chi connectivity index (χ4n) is 1.24. The Kier molecular flexibility index (Phi) is 1.69. The maximum absolute atomic E-state index is 4.24. The first kappa shape index (κ1) is 6.91. The molecule has 1 aromatic carbocycles. The van der Waals surface area contributed by atoms with E-state index in [1.54, 1.807) is 0 Å². The molecule has 0 amide bonds. The van der Waals surface area contributed by atoms with Crippen molar-refractivity contribution in [3.8, 4) is 0 Å². The van der Waals surface area contributed by atoms with Gasteiger partial charge in [0.25, 0.3) is 0 Å². The molecule has 48 valence electrons. The van der Waals surface area contributed by atoms with E-state index < -0.39 is 0 Å². The van der Waals surface area contributed by atoms with E-state index in [0.29, 0.717) is 0 Å². The summed E-state index contributed by atoms with van der Waals surface area (Å²) in [5.41, 5.74) is 1.08. The number of benzene rings is 1. The molecule has 0 bridgehead atoms. The average Bonchev–Trinajstić information content (AvgIpc) is 2.06. The molecule has 1 heterocycles.